The highest BCUT2D eigenvalue weighted by Crippen LogP contribution is 2.26. The number of nitrogens with two attached hydrogens (primary N) is 1. The molecule has 0 aliphatic carbocycles. The van der Waals surface area contributed by atoms with Gasteiger partial charge in [0, 0.05) is 42.4 Å². The Balaban J connectivity index is 0.000000493. The summed E-state index contributed by atoms with van der Waals surface area (Å²) in [5, 5.41) is 8.91. The first-order valence-corrected chi connectivity index (χ1v) is 13.5. The summed E-state index contributed by atoms with van der Waals surface area (Å²) in [6.07, 6.45) is 6.27. The van der Waals surface area contributed by atoms with Gasteiger partial charge < -0.3 is 10.3 Å². The molecule has 1 aromatic carbocycles. The van der Waals surface area contributed by atoms with Crippen LogP contribution in [-0.2, 0) is 16.7 Å². The van der Waals surface area contributed by atoms with Crippen LogP contribution in [0.1, 0.15) is 12.1 Å². The molecule has 3 aromatic rings. The maximum atomic E-state index is 12.0. The molecule has 0 radical (unpaired) electrons. The second-order valence-electron chi connectivity index (χ2n) is 6.95. The molecule has 2 amide bonds. The number of carbonyl (C=O) groups is 1. The summed E-state index contributed by atoms with van der Waals surface area (Å²) < 4.78 is 62.5. The first-order chi connectivity index (χ1) is 16.7. The van der Waals surface area contributed by atoms with Crippen LogP contribution in [0, 0.1) is 19.3 Å². The van der Waals surface area contributed by atoms with Crippen molar-refractivity contribution in [3.05, 3.63) is 36.0 Å². The van der Waals surface area contributed by atoms with Crippen LogP contribution in [0.25, 0.3) is 10.9 Å². The third kappa shape index (κ3) is 8.23. The number of hydrogen-bond acceptors (Lipinski definition) is 9. The molecule has 0 saturated carbocycles. The van der Waals surface area contributed by atoms with Crippen LogP contribution < -0.4 is 15.2 Å². The zero-order valence-electron chi connectivity index (χ0n) is 18.6. The number of alkyl halides is 3. The van der Waals surface area contributed by atoms with Crippen LogP contribution in [0.5, 0.6) is 0 Å². The summed E-state index contributed by atoms with van der Waals surface area (Å²) in [7, 11) is -6.09. The maximum Gasteiger partial charge on any atom is 0.485 e. The predicted molar refractivity (Wildman–Crippen MR) is 133 cm³/mol. The molecule has 2 N–H and O–H groups in total. The maximum absolute atomic E-state index is 12.0. The van der Waals surface area contributed by atoms with Gasteiger partial charge in [0.05, 0.1) is 0 Å². The Morgan fingerprint density at radius 3 is 2.53 bits per heavy atom. The number of anilines is 1. The number of urea groups is 1. The van der Waals surface area contributed by atoms with Crippen LogP contribution in [0.3, 0.4) is 0 Å². The van der Waals surface area contributed by atoms with Crippen LogP contribution in [0.2, 0.25) is 0 Å². The van der Waals surface area contributed by atoms with Crippen molar-refractivity contribution < 1.29 is 35.5 Å². The lowest BCUT2D eigenvalue weighted by Crippen LogP contribution is -2.38. The smallest absolute Gasteiger partial charge is 0.485 e. The molecule has 16 heteroatoms. The monoisotopic (exact) mass is 579 g/mol. The van der Waals surface area contributed by atoms with E-state index in [-0.39, 0.29) is 0 Å². The van der Waals surface area contributed by atoms with E-state index in [0.29, 0.717) is 17.4 Å². The average Bonchev–Trinajstić information content (AvgIpc) is 3.19. The zero-order valence-corrected chi connectivity index (χ0v) is 21.9. The van der Waals surface area contributed by atoms with E-state index in [4.69, 9.17) is 25.1 Å². The summed E-state index contributed by atoms with van der Waals surface area (Å²) >= 11 is 7.20. The van der Waals surface area contributed by atoms with Crippen molar-refractivity contribution in [3.8, 4) is 12.3 Å². The summed E-state index contributed by atoms with van der Waals surface area (Å²) in [4.78, 5) is 13.6. The summed E-state index contributed by atoms with van der Waals surface area (Å²) in [5.74, 6) is 3.49. The van der Waals surface area contributed by atoms with E-state index in [1.165, 1.54) is 11.3 Å². The highest BCUT2D eigenvalue weighted by molar-refractivity contribution is 8.01. The highest BCUT2D eigenvalue weighted by Gasteiger charge is 2.36. The molecular weight excluding hydrogens is 560 g/mol. The number of hydrogen-bond donors (Lipinski definition) is 2. The van der Waals surface area contributed by atoms with Crippen LogP contribution in [-0.4, -0.2) is 47.0 Å². The van der Waals surface area contributed by atoms with E-state index in [1.807, 2.05) is 37.3 Å². The van der Waals surface area contributed by atoms with E-state index in [0.717, 1.165) is 38.8 Å². The van der Waals surface area contributed by atoms with Gasteiger partial charge in [0.15, 0.2) is 24.5 Å². The predicted octanol–water partition coefficient (Wildman–Crippen LogP) is 3.33. The number of benzene rings is 1. The van der Waals surface area contributed by atoms with Crippen molar-refractivity contribution in [1.82, 2.24) is 10.2 Å². The first-order valence-electron chi connectivity index (χ1n) is 9.85. The Labute approximate surface area is 219 Å². The van der Waals surface area contributed by atoms with Gasteiger partial charge in [-0.05, 0) is 30.5 Å². The van der Waals surface area contributed by atoms with Crippen molar-refractivity contribution in [3.63, 3.8) is 0 Å². The van der Waals surface area contributed by atoms with Crippen molar-refractivity contribution in [2.75, 3.05) is 17.2 Å². The lowest BCUT2D eigenvalue weighted by molar-refractivity contribution is -0.664. The minimum atomic E-state index is -6.09. The Morgan fingerprint density at radius 2 is 2.00 bits per heavy atom. The van der Waals surface area contributed by atoms with E-state index >= 15 is 0 Å². The van der Waals surface area contributed by atoms with Crippen LogP contribution in [0.15, 0.2) is 39.0 Å². The topological polar surface area (TPSA) is 133 Å². The molecule has 0 fully saturated rings. The number of pyridine rings is 1. The van der Waals surface area contributed by atoms with Gasteiger partial charge in [-0.2, -0.15) is 17.7 Å². The number of carbonyl (C=O) groups excluding carboxylic acids is 1. The van der Waals surface area contributed by atoms with Gasteiger partial charge in [-0.1, -0.05) is 23.1 Å². The molecule has 0 atom stereocenters. The third-order valence-corrected chi connectivity index (χ3v) is 7.37. The van der Waals surface area contributed by atoms with Gasteiger partial charge in [0.25, 0.3) is 0 Å². The molecule has 0 bridgehead atoms. The lowest BCUT2D eigenvalue weighted by atomic mass is 10.1. The van der Waals surface area contributed by atoms with Gasteiger partial charge in [-0.3, -0.25) is 4.90 Å². The van der Waals surface area contributed by atoms with Crippen LogP contribution >= 0.6 is 35.7 Å². The zero-order chi connectivity index (χ0) is 27.1. The Kier molecular flexibility index (Phi) is 10.4. The number of aryl methyl sites for hydroxylation is 1. The van der Waals surface area contributed by atoms with Gasteiger partial charge in [-0.25, -0.2) is 13.2 Å². The number of nitrogens with zero attached hydrogens (tertiary/aromatic N) is 4. The number of amides is 2. The van der Waals surface area contributed by atoms with Crippen molar-refractivity contribution >= 4 is 68.5 Å². The number of thiol groups is 1. The second-order valence-corrected chi connectivity index (χ2v) is 11.4. The molecule has 3 rings (SSSR count). The first kappa shape index (κ1) is 29.6. The fraction of sp³-hybridized carbons (Fsp3) is 0.300. The molecule has 0 spiro atoms. The van der Waals surface area contributed by atoms with E-state index in [2.05, 4.69) is 33.3 Å². The number of rotatable bonds is 7. The summed E-state index contributed by atoms with van der Waals surface area (Å²) in [6, 6.07) is 9.44. The summed E-state index contributed by atoms with van der Waals surface area (Å²) in [5.41, 5.74) is 2.87. The minimum Gasteiger partial charge on any atom is -0.741 e. The Hall–Kier alpha value is -2.58. The van der Waals surface area contributed by atoms with Gasteiger partial charge in [-0.15, -0.1) is 29.2 Å². The van der Waals surface area contributed by atoms with Crippen LogP contribution in [0.4, 0.5) is 23.7 Å². The van der Waals surface area contributed by atoms with E-state index in [9.17, 15) is 18.0 Å². The molecule has 2 heterocycles. The number of halogens is 3. The molecule has 0 unspecified atom stereocenters. The second kappa shape index (κ2) is 12.6. The molecule has 0 aliphatic heterocycles. The molecule has 194 valence electrons. The summed E-state index contributed by atoms with van der Waals surface area (Å²) in [6.45, 7) is 3.04. The third-order valence-electron chi connectivity index (χ3n) is 4.49. The molecule has 0 aliphatic rings. The van der Waals surface area contributed by atoms with Gasteiger partial charge in [0.1, 0.15) is 0 Å². The Bertz CT molecular complexity index is 1370. The molecule has 2 aromatic heterocycles. The Morgan fingerprint density at radius 1 is 1.33 bits per heavy atom. The normalized spacial score (nSPS) is 11.5. The molecular formula is C20H20F3N5O4S4. The van der Waals surface area contributed by atoms with E-state index < -0.39 is 21.7 Å². The van der Waals surface area contributed by atoms with Crippen molar-refractivity contribution in [2.24, 2.45) is 5.73 Å². The van der Waals surface area contributed by atoms with Crippen molar-refractivity contribution in [1.29, 1.82) is 0 Å². The largest absolute Gasteiger partial charge is 0.741 e. The lowest BCUT2D eigenvalue weighted by Gasteiger charge is -2.20. The van der Waals surface area contributed by atoms with Crippen molar-refractivity contribution in [2.45, 2.75) is 34.1 Å². The number of terminal acetylenes is 1. The number of fused-ring (bicyclic) bond motifs is 1. The van der Waals surface area contributed by atoms with Gasteiger partial charge in [0.2, 0.25) is 12.1 Å². The highest BCUT2D eigenvalue weighted by atomic mass is 32.2. The fourth-order valence-corrected chi connectivity index (χ4v) is 4.97. The molecule has 0 saturated heterocycles. The van der Waals surface area contributed by atoms with E-state index in [1.54, 1.807) is 16.7 Å². The molecule has 36 heavy (non-hydrogen) atoms. The number of aromatic nitrogens is 3. The fourth-order valence-electron chi connectivity index (χ4n) is 2.89. The quantitative estimate of drug-likeness (QED) is 0.0834. The minimum absolute atomic E-state index is 0.471. The SMILES string of the molecule is C#CC[n+]1c(C)ccc2cc(N(CCCSc3nnc(S)s3)C(N)=O)ccc21.O=S(=O)([O-])C(F)(F)F. The standard InChI is InChI=1S/C19H19N5OS3.CHF3O3S/c1-3-9-23-13(2)5-6-14-12-15(7-8-16(14)23)24(17(20)25)10-4-11-27-19-22-21-18(26)28-19;2-1(3,4)8(5,6)7/h1,5-8,12H,4,9-11H2,2H3,(H2-,20,21,25,26);(H,5,6,7). The van der Waals surface area contributed by atoms with Gasteiger partial charge >= 0.3 is 11.5 Å². The number of primary amides is 1. The average molecular weight is 580 g/mol. The molecule has 9 nitrogen and oxygen atoms in total. The number of thioether (sulfide) groups is 1.